The van der Waals surface area contributed by atoms with Gasteiger partial charge in [-0.3, -0.25) is 5.32 Å². The molecule has 7 nitrogen and oxygen atoms in total. The van der Waals surface area contributed by atoms with Gasteiger partial charge in [-0.15, -0.1) is 0 Å². The first-order chi connectivity index (χ1) is 19.7. The molecule has 210 valence electrons. The van der Waals surface area contributed by atoms with Crippen LogP contribution in [-0.2, 0) is 9.47 Å². The maximum atomic E-state index is 6.42. The molecule has 1 aliphatic heterocycles. The predicted molar refractivity (Wildman–Crippen MR) is 165 cm³/mol. The zero-order valence-electron chi connectivity index (χ0n) is 24.0. The molecular weight excluding hydrogens is 500 g/mol. The van der Waals surface area contributed by atoms with Crippen molar-refractivity contribution in [3.05, 3.63) is 96.1 Å². The molecule has 2 aromatic heterocycles. The number of ether oxygens (including phenoxy) is 2. The SMILES string of the molecule is C\C=C/C(=C\C=C\CC)c1cc2nc(N/C(=C\CC)O/C(=C\CC)c3ccccc3)nc(N3CCOCC3)c2o1. The molecule has 0 amide bonds. The van der Waals surface area contributed by atoms with Crippen LogP contribution in [0.25, 0.3) is 22.4 Å². The van der Waals surface area contributed by atoms with Crippen LogP contribution in [-0.4, -0.2) is 36.3 Å². The molecule has 0 spiro atoms. The van der Waals surface area contributed by atoms with E-state index in [1.807, 2.05) is 61.5 Å². The van der Waals surface area contributed by atoms with Gasteiger partial charge in [0.1, 0.15) is 17.0 Å². The average Bonchev–Trinajstić information content (AvgIpc) is 3.41. The van der Waals surface area contributed by atoms with E-state index in [9.17, 15) is 0 Å². The van der Waals surface area contributed by atoms with E-state index in [2.05, 4.69) is 55.3 Å². The molecule has 0 bridgehead atoms. The highest BCUT2D eigenvalue weighted by atomic mass is 16.5. The van der Waals surface area contributed by atoms with Crippen molar-refractivity contribution in [2.75, 3.05) is 36.5 Å². The third-order valence-electron chi connectivity index (χ3n) is 6.23. The summed E-state index contributed by atoms with van der Waals surface area (Å²) >= 11 is 0. The fraction of sp³-hybridized carbons (Fsp3) is 0.333. The molecule has 7 heteroatoms. The van der Waals surface area contributed by atoms with E-state index < -0.39 is 0 Å². The lowest BCUT2D eigenvalue weighted by Gasteiger charge is -2.28. The summed E-state index contributed by atoms with van der Waals surface area (Å²) in [5.41, 5.74) is 3.38. The Morgan fingerprint density at radius 3 is 2.50 bits per heavy atom. The highest BCUT2D eigenvalue weighted by molar-refractivity contribution is 5.89. The van der Waals surface area contributed by atoms with Crippen molar-refractivity contribution in [1.82, 2.24) is 9.97 Å². The van der Waals surface area contributed by atoms with Crippen molar-refractivity contribution in [3.8, 4) is 0 Å². The van der Waals surface area contributed by atoms with Gasteiger partial charge in [0.2, 0.25) is 5.95 Å². The molecule has 1 aromatic carbocycles. The minimum Gasteiger partial charge on any atom is -0.450 e. The van der Waals surface area contributed by atoms with E-state index >= 15 is 0 Å². The van der Waals surface area contributed by atoms with Crippen LogP contribution in [0.4, 0.5) is 11.8 Å². The monoisotopic (exact) mass is 540 g/mol. The summed E-state index contributed by atoms with van der Waals surface area (Å²) in [6, 6.07) is 12.1. The van der Waals surface area contributed by atoms with E-state index in [1.54, 1.807) is 0 Å². The molecule has 1 saturated heterocycles. The van der Waals surface area contributed by atoms with Crippen LogP contribution in [0.2, 0.25) is 0 Å². The topological polar surface area (TPSA) is 72.7 Å². The average molecular weight is 541 g/mol. The maximum absolute atomic E-state index is 6.42. The summed E-state index contributed by atoms with van der Waals surface area (Å²) in [7, 11) is 0. The molecule has 0 aliphatic carbocycles. The largest absolute Gasteiger partial charge is 0.450 e. The zero-order valence-corrected chi connectivity index (χ0v) is 24.0. The van der Waals surface area contributed by atoms with E-state index in [0.717, 1.165) is 66.3 Å². The van der Waals surface area contributed by atoms with Crippen LogP contribution in [0, 0.1) is 0 Å². The van der Waals surface area contributed by atoms with Crippen LogP contribution in [0.15, 0.2) is 89.2 Å². The van der Waals surface area contributed by atoms with Gasteiger partial charge in [-0.1, -0.05) is 81.5 Å². The number of hydrogen-bond donors (Lipinski definition) is 1. The van der Waals surface area contributed by atoms with Gasteiger partial charge in [-0.2, -0.15) is 4.98 Å². The Labute approximate surface area is 237 Å². The normalized spacial score (nSPS) is 15.5. The highest BCUT2D eigenvalue weighted by Gasteiger charge is 2.22. The lowest BCUT2D eigenvalue weighted by Crippen LogP contribution is -2.37. The fourth-order valence-corrected chi connectivity index (χ4v) is 4.35. The second-order valence-electron chi connectivity index (χ2n) is 9.30. The van der Waals surface area contributed by atoms with Crippen LogP contribution in [0.5, 0.6) is 0 Å². The Morgan fingerprint density at radius 1 is 1.02 bits per heavy atom. The van der Waals surface area contributed by atoms with Crippen molar-refractivity contribution in [2.24, 2.45) is 0 Å². The number of anilines is 2. The Kier molecular flexibility index (Phi) is 10.8. The number of hydrogen-bond acceptors (Lipinski definition) is 7. The van der Waals surface area contributed by atoms with Gasteiger partial charge in [-0.25, -0.2) is 4.98 Å². The molecule has 4 rings (SSSR count). The number of nitrogens with one attached hydrogen (secondary N) is 1. The van der Waals surface area contributed by atoms with Crippen molar-refractivity contribution >= 4 is 34.2 Å². The first-order valence-electron chi connectivity index (χ1n) is 14.2. The number of benzene rings is 1. The molecule has 0 unspecified atom stereocenters. The summed E-state index contributed by atoms with van der Waals surface area (Å²) in [6.07, 6.45) is 17.0. The second kappa shape index (κ2) is 14.9. The van der Waals surface area contributed by atoms with E-state index in [0.29, 0.717) is 30.6 Å². The predicted octanol–water partition coefficient (Wildman–Crippen LogP) is 8.12. The molecular formula is C33H40N4O3. The number of aromatic nitrogens is 2. The number of fused-ring (bicyclic) bond motifs is 1. The molecule has 3 aromatic rings. The van der Waals surface area contributed by atoms with Crippen LogP contribution in [0.3, 0.4) is 0 Å². The lowest BCUT2D eigenvalue weighted by molar-refractivity contribution is 0.122. The Hall–Kier alpha value is -4.10. The van der Waals surface area contributed by atoms with Crippen LogP contribution < -0.4 is 10.2 Å². The number of morpholine rings is 1. The van der Waals surface area contributed by atoms with Gasteiger partial charge in [0.05, 0.1) is 13.2 Å². The number of rotatable bonds is 12. The number of allylic oxidation sites excluding steroid dienone is 8. The summed E-state index contributed by atoms with van der Waals surface area (Å²) < 4.78 is 18.4. The minimum atomic E-state index is 0.451. The smallest absolute Gasteiger partial charge is 0.232 e. The standard InChI is InChI=1S/C33H40N4O3/c1-5-9-11-17-25(14-6-2)29-24-27-31(40-29)32(37-20-22-38-23-21-37)36-33(34-27)35-30(16-8-4)39-28(15-7-3)26-18-12-10-13-19-26/h6,9-19,24H,5,7-8,20-23H2,1-4H3,(H,34,35,36)/b11-9+,14-6-,25-17+,28-15-,30-16+. The van der Waals surface area contributed by atoms with Gasteiger partial charge in [0.15, 0.2) is 17.3 Å². The summed E-state index contributed by atoms with van der Waals surface area (Å²) in [6.45, 7) is 11.0. The third kappa shape index (κ3) is 7.51. The molecule has 40 heavy (non-hydrogen) atoms. The molecule has 0 atom stereocenters. The summed E-state index contributed by atoms with van der Waals surface area (Å²) in [5, 5.41) is 3.35. The van der Waals surface area contributed by atoms with Crippen molar-refractivity contribution in [2.45, 2.75) is 47.0 Å². The molecule has 0 saturated carbocycles. The molecule has 1 N–H and O–H groups in total. The van der Waals surface area contributed by atoms with E-state index in [-0.39, 0.29) is 0 Å². The lowest BCUT2D eigenvalue weighted by atomic mass is 10.1. The first-order valence-corrected chi connectivity index (χ1v) is 14.2. The molecule has 1 aliphatic rings. The summed E-state index contributed by atoms with van der Waals surface area (Å²) in [4.78, 5) is 12.0. The minimum absolute atomic E-state index is 0.451. The Balaban J connectivity index is 1.74. The first kappa shape index (κ1) is 28.9. The van der Waals surface area contributed by atoms with E-state index in [1.165, 1.54) is 0 Å². The van der Waals surface area contributed by atoms with Crippen LogP contribution >= 0.6 is 0 Å². The zero-order chi connectivity index (χ0) is 28.2. The van der Waals surface area contributed by atoms with Gasteiger partial charge in [0, 0.05) is 30.3 Å². The fourth-order valence-electron chi connectivity index (χ4n) is 4.35. The Morgan fingerprint density at radius 2 is 1.80 bits per heavy atom. The third-order valence-corrected chi connectivity index (χ3v) is 6.23. The molecule has 1 fully saturated rings. The van der Waals surface area contributed by atoms with Crippen LogP contribution in [0.1, 0.15) is 58.3 Å². The van der Waals surface area contributed by atoms with Gasteiger partial charge < -0.3 is 18.8 Å². The maximum Gasteiger partial charge on any atom is 0.232 e. The van der Waals surface area contributed by atoms with Gasteiger partial charge >= 0.3 is 0 Å². The Bertz CT molecular complexity index is 1390. The van der Waals surface area contributed by atoms with Crippen molar-refractivity contribution in [1.29, 1.82) is 0 Å². The van der Waals surface area contributed by atoms with Crippen molar-refractivity contribution in [3.63, 3.8) is 0 Å². The van der Waals surface area contributed by atoms with Gasteiger partial charge in [0.25, 0.3) is 0 Å². The number of furan rings is 1. The number of nitrogens with zero attached hydrogens (tertiary/aromatic N) is 3. The van der Waals surface area contributed by atoms with Gasteiger partial charge in [-0.05, 0) is 38.3 Å². The second-order valence-corrected chi connectivity index (χ2v) is 9.30. The summed E-state index contributed by atoms with van der Waals surface area (Å²) in [5.74, 6) is 3.31. The highest BCUT2D eigenvalue weighted by Crippen LogP contribution is 2.33. The molecule has 0 radical (unpaired) electrons. The van der Waals surface area contributed by atoms with Crippen molar-refractivity contribution < 1.29 is 13.9 Å². The van der Waals surface area contributed by atoms with E-state index in [4.69, 9.17) is 23.9 Å². The quantitative estimate of drug-likeness (QED) is 0.184. The molecule has 3 heterocycles.